The Bertz CT molecular complexity index is 1200. The van der Waals surface area contributed by atoms with Gasteiger partial charge in [-0.25, -0.2) is 8.42 Å². The third-order valence-corrected chi connectivity index (χ3v) is 7.32. The fraction of sp³-hybridized carbons (Fsp3) is 0.481. The molecule has 0 aliphatic carbocycles. The van der Waals surface area contributed by atoms with Crippen LogP contribution in [0.25, 0.3) is 0 Å². The van der Waals surface area contributed by atoms with Crippen molar-refractivity contribution in [3.8, 4) is 11.5 Å². The van der Waals surface area contributed by atoms with Gasteiger partial charge in [0.1, 0.15) is 6.04 Å². The molecule has 0 saturated heterocycles. The first kappa shape index (κ1) is 28.3. The van der Waals surface area contributed by atoms with Crippen LogP contribution in [0.2, 0.25) is 0 Å². The maximum absolute atomic E-state index is 13.4. The third kappa shape index (κ3) is 7.85. The fourth-order valence-corrected chi connectivity index (χ4v) is 4.93. The molecule has 0 radical (unpaired) electrons. The predicted octanol–water partition coefficient (Wildman–Crippen LogP) is 3.46. The van der Waals surface area contributed by atoms with Crippen molar-refractivity contribution in [3.63, 3.8) is 0 Å². The van der Waals surface area contributed by atoms with Crippen LogP contribution in [0.4, 0.5) is 5.69 Å². The highest BCUT2D eigenvalue weighted by Gasteiger charge is 2.27. The summed E-state index contributed by atoms with van der Waals surface area (Å²) in [6, 6.07) is 12.1. The van der Waals surface area contributed by atoms with Crippen molar-refractivity contribution in [2.45, 2.75) is 53.1 Å². The standard InChI is InChI=1S/C27H37N3O6S/c1-19(2)16-28-27(32)21(4)29(17-22-10-8-20(3)9-11-22)26(31)7-6-14-30(37(5,33)34)23-12-13-24-25(15-23)36-18-35-24/h8-13,15,19,21H,6-7,14,16-18H2,1-5H3,(H,28,32). The summed E-state index contributed by atoms with van der Waals surface area (Å²) in [6.45, 7) is 8.73. The zero-order valence-electron chi connectivity index (χ0n) is 22.2. The van der Waals surface area contributed by atoms with Crippen LogP contribution in [0.3, 0.4) is 0 Å². The summed E-state index contributed by atoms with van der Waals surface area (Å²) in [5.41, 5.74) is 2.46. The van der Waals surface area contributed by atoms with Crippen molar-refractivity contribution in [2.24, 2.45) is 5.92 Å². The number of fused-ring (bicyclic) bond motifs is 1. The molecular weight excluding hydrogens is 494 g/mol. The van der Waals surface area contributed by atoms with E-state index in [0.29, 0.717) is 23.7 Å². The minimum Gasteiger partial charge on any atom is -0.454 e. The number of nitrogens with zero attached hydrogens (tertiary/aromatic N) is 2. The molecule has 9 nitrogen and oxygen atoms in total. The van der Waals surface area contributed by atoms with E-state index in [1.165, 1.54) is 4.31 Å². The summed E-state index contributed by atoms with van der Waals surface area (Å²) in [5.74, 6) is 0.895. The molecule has 0 aromatic heterocycles. The molecule has 0 bridgehead atoms. The monoisotopic (exact) mass is 531 g/mol. The van der Waals surface area contributed by atoms with Crippen molar-refractivity contribution in [3.05, 3.63) is 53.6 Å². The van der Waals surface area contributed by atoms with Crippen molar-refractivity contribution >= 4 is 27.5 Å². The van der Waals surface area contributed by atoms with E-state index < -0.39 is 16.1 Å². The molecule has 37 heavy (non-hydrogen) atoms. The third-order valence-electron chi connectivity index (χ3n) is 6.12. The number of carbonyl (C=O) groups is 2. The average molecular weight is 532 g/mol. The van der Waals surface area contributed by atoms with E-state index in [4.69, 9.17) is 9.47 Å². The highest BCUT2D eigenvalue weighted by atomic mass is 32.2. The van der Waals surface area contributed by atoms with Crippen LogP contribution >= 0.6 is 0 Å². The van der Waals surface area contributed by atoms with Crippen LogP contribution in [0, 0.1) is 12.8 Å². The van der Waals surface area contributed by atoms with E-state index in [1.807, 2.05) is 45.0 Å². The number of anilines is 1. The smallest absolute Gasteiger partial charge is 0.242 e. The maximum Gasteiger partial charge on any atom is 0.242 e. The minimum atomic E-state index is -3.60. The van der Waals surface area contributed by atoms with Gasteiger partial charge < -0.3 is 19.7 Å². The van der Waals surface area contributed by atoms with E-state index >= 15 is 0 Å². The zero-order valence-corrected chi connectivity index (χ0v) is 23.0. The van der Waals surface area contributed by atoms with E-state index in [1.54, 1.807) is 30.0 Å². The Morgan fingerprint density at radius 3 is 2.35 bits per heavy atom. The van der Waals surface area contributed by atoms with Crippen molar-refractivity contribution < 1.29 is 27.5 Å². The molecule has 2 aromatic carbocycles. The largest absolute Gasteiger partial charge is 0.454 e. The number of amides is 2. The summed E-state index contributed by atoms with van der Waals surface area (Å²) < 4.78 is 37.0. The number of carbonyl (C=O) groups excluding carboxylic acids is 2. The predicted molar refractivity (Wildman–Crippen MR) is 143 cm³/mol. The highest BCUT2D eigenvalue weighted by molar-refractivity contribution is 7.92. The second-order valence-corrected chi connectivity index (χ2v) is 11.7. The molecule has 2 aromatic rings. The van der Waals surface area contributed by atoms with Gasteiger partial charge >= 0.3 is 0 Å². The first-order valence-corrected chi connectivity index (χ1v) is 14.3. The van der Waals surface area contributed by atoms with E-state index in [2.05, 4.69) is 5.32 Å². The van der Waals surface area contributed by atoms with Crippen LogP contribution in [-0.2, 0) is 26.2 Å². The second-order valence-electron chi connectivity index (χ2n) is 9.80. The van der Waals surface area contributed by atoms with Crippen LogP contribution in [0.1, 0.15) is 44.7 Å². The molecule has 1 aliphatic rings. The lowest BCUT2D eigenvalue weighted by Gasteiger charge is -2.29. The average Bonchev–Trinajstić information content (AvgIpc) is 3.31. The van der Waals surface area contributed by atoms with Gasteiger partial charge in [0.25, 0.3) is 0 Å². The number of aryl methyl sites for hydroxylation is 1. The molecular formula is C27H37N3O6S. The molecule has 10 heteroatoms. The topological polar surface area (TPSA) is 105 Å². The van der Waals surface area contributed by atoms with Crippen LogP contribution in [0.5, 0.6) is 11.5 Å². The minimum absolute atomic E-state index is 0.0875. The number of hydrogen-bond acceptors (Lipinski definition) is 6. The Morgan fingerprint density at radius 1 is 1.03 bits per heavy atom. The Hall–Kier alpha value is -3.27. The first-order valence-electron chi connectivity index (χ1n) is 12.5. The van der Waals surface area contributed by atoms with Crippen molar-refractivity contribution in [1.29, 1.82) is 0 Å². The Morgan fingerprint density at radius 2 is 1.70 bits per heavy atom. The summed E-state index contributed by atoms with van der Waals surface area (Å²) in [4.78, 5) is 27.7. The van der Waals surface area contributed by atoms with Gasteiger partial charge in [0.2, 0.25) is 28.6 Å². The summed E-state index contributed by atoms with van der Waals surface area (Å²) in [7, 11) is -3.60. The van der Waals surface area contributed by atoms with Gasteiger partial charge in [-0.15, -0.1) is 0 Å². The van der Waals surface area contributed by atoms with E-state index in [9.17, 15) is 18.0 Å². The SMILES string of the molecule is Cc1ccc(CN(C(=O)CCCN(c2ccc3c(c2)OCO3)S(C)(=O)=O)C(C)C(=O)NCC(C)C)cc1. The molecule has 3 rings (SSSR count). The molecule has 1 atom stereocenters. The van der Waals surface area contributed by atoms with Crippen LogP contribution in [-0.4, -0.2) is 57.3 Å². The molecule has 0 spiro atoms. The zero-order chi connectivity index (χ0) is 27.2. The Kier molecular flexibility index (Phi) is 9.42. The molecule has 0 fully saturated rings. The lowest BCUT2D eigenvalue weighted by atomic mass is 10.1. The first-order chi connectivity index (χ1) is 17.5. The van der Waals surface area contributed by atoms with Gasteiger partial charge in [-0.2, -0.15) is 0 Å². The van der Waals surface area contributed by atoms with E-state index in [-0.39, 0.29) is 50.5 Å². The van der Waals surface area contributed by atoms with Gasteiger partial charge in [0.15, 0.2) is 11.5 Å². The molecule has 1 unspecified atom stereocenters. The summed E-state index contributed by atoms with van der Waals surface area (Å²) in [6.07, 6.45) is 1.50. The normalized spacial score (nSPS) is 13.4. The number of benzene rings is 2. The van der Waals surface area contributed by atoms with Gasteiger partial charge in [-0.3, -0.25) is 13.9 Å². The highest BCUT2D eigenvalue weighted by Crippen LogP contribution is 2.36. The van der Waals surface area contributed by atoms with Gasteiger partial charge in [0, 0.05) is 32.1 Å². The number of ether oxygens (including phenoxy) is 2. The molecule has 0 saturated carbocycles. The molecule has 1 heterocycles. The number of sulfonamides is 1. The second kappa shape index (κ2) is 12.3. The maximum atomic E-state index is 13.4. The van der Waals surface area contributed by atoms with Crippen LogP contribution in [0.15, 0.2) is 42.5 Å². The number of nitrogens with one attached hydrogen (secondary N) is 1. The van der Waals surface area contributed by atoms with Gasteiger partial charge in [0.05, 0.1) is 11.9 Å². The molecule has 202 valence electrons. The summed E-state index contributed by atoms with van der Waals surface area (Å²) in [5, 5.41) is 2.91. The van der Waals surface area contributed by atoms with Gasteiger partial charge in [-0.1, -0.05) is 43.7 Å². The summed E-state index contributed by atoms with van der Waals surface area (Å²) >= 11 is 0. The Labute approximate surface area is 219 Å². The Balaban J connectivity index is 1.71. The van der Waals surface area contributed by atoms with E-state index in [0.717, 1.165) is 17.4 Å². The quantitative estimate of drug-likeness (QED) is 0.450. The van der Waals surface area contributed by atoms with Crippen molar-refractivity contribution in [1.82, 2.24) is 10.2 Å². The van der Waals surface area contributed by atoms with Gasteiger partial charge in [-0.05, 0) is 43.9 Å². The van der Waals surface area contributed by atoms with Crippen molar-refractivity contribution in [2.75, 3.05) is 30.4 Å². The number of rotatable bonds is 12. The molecule has 1 N–H and O–H groups in total. The fourth-order valence-electron chi connectivity index (χ4n) is 3.97. The molecule has 1 aliphatic heterocycles. The lowest BCUT2D eigenvalue weighted by molar-refractivity contribution is -0.140. The molecule has 2 amide bonds. The number of hydrogen-bond donors (Lipinski definition) is 1. The lowest BCUT2D eigenvalue weighted by Crippen LogP contribution is -2.48. The van der Waals surface area contributed by atoms with Crippen LogP contribution < -0.4 is 19.1 Å².